The van der Waals surface area contributed by atoms with Crippen LogP contribution in [0.2, 0.25) is 0 Å². The highest BCUT2D eigenvalue weighted by Gasteiger charge is 2.13. The van der Waals surface area contributed by atoms with Crippen molar-refractivity contribution in [3.05, 3.63) is 126 Å². The number of aliphatic hydroxyl groups is 1. The Bertz CT molecular complexity index is 1660. The average molecular weight is 623 g/mol. The zero-order chi connectivity index (χ0) is 32.7. The van der Waals surface area contributed by atoms with Gasteiger partial charge in [0.2, 0.25) is 0 Å². The number of esters is 3. The van der Waals surface area contributed by atoms with Crippen LogP contribution in [0.15, 0.2) is 114 Å². The van der Waals surface area contributed by atoms with E-state index in [0.717, 1.165) is 11.6 Å². The molecule has 4 aromatic rings. The summed E-state index contributed by atoms with van der Waals surface area (Å²) in [4.78, 5) is 36.4. The second-order valence-corrected chi connectivity index (χ2v) is 10.0. The third-order valence-electron chi connectivity index (χ3n) is 6.59. The van der Waals surface area contributed by atoms with Gasteiger partial charge >= 0.3 is 17.9 Å². The highest BCUT2D eigenvalue weighted by Crippen LogP contribution is 2.27. The molecular formula is C36H34N2O8. The number of aliphatic hydroxyl groups excluding tert-OH is 1. The van der Waals surface area contributed by atoms with E-state index in [9.17, 15) is 14.4 Å². The second-order valence-electron chi connectivity index (χ2n) is 10.0. The number of carbonyl (C=O) groups is 3. The summed E-state index contributed by atoms with van der Waals surface area (Å²) in [5.41, 5.74) is 3.63. The Kier molecular flexibility index (Phi) is 12.3. The summed E-state index contributed by atoms with van der Waals surface area (Å²) >= 11 is 0. The van der Waals surface area contributed by atoms with Gasteiger partial charge in [-0.2, -0.15) is 10.2 Å². The summed E-state index contributed by atoms with van der Waals surface area (Å²) in [6.45, 7) is 5.97. The van der Waals surface area contributed by atoms with Gasteiger partial charge in [0.15, 0.2) is 0 Å². The first-order chi connectivity index (χ1) is 22.3. The molecule has 0 bridgehead atoms. The Hall–Kier alpha value is -5.61. The molecule has 46 heavy (non-hydrogen) atoms. The smallest absolute Gasteiger partial charge is 0.343 e. The Morgan fingerprint density at radius 2 is 1.33 bits per heavy atom. The number of ether oxygens (including phenoxy) is 4. The average Bonchev–Trinajstić information content (AvgIpc) is 3.07. The molecule has 0 saturated heterocycles. The van der Waals surface area contributed by atoms with Gasteiger partial charge in [-0.1, -0.05) is 18.7 Å². The van der Waals surface area contributed by atoms with E-state index in [0.29, 0.717) is 66.5 Å². The molecule has 1 N–H and O–H groups in total. The summed E-state index contributed by atoms with van der Waals surface area (Å²) in [6.07, 6.45) is 3.06. The first kappa shape index (κ1) is 33.3. The molecule has 10 nitrogen and oxygen atoms in total. The second kappa shape index (κ2) is 17.0. The lowest BCUT2D eigenvalue weighted by Crippen LogP contribution is -2.10. The molecule has 10 heteroatoms. The highest BCUT2D eigenvalue weighted by molar-refractivity contribution is 5.93. The molecule has 0 saturated carbocycles. The van der Waals surface area contributed by atoms with Crippen molar-refractivity contribution in [1.82, 2.24) is 0 Å². The van der Waals surface area contributed by atoms with Crippen LogP contribution in [0.5, 0.6) is 17.2 Å². The largest absolute Gasteiger partial charge is 0.494 e. The number of unbranched alkanes of at least 4 members (excludes halogenated alkanes) is 1. The monoisotopic (exact) mass is 622 g/mol. The van der Waals surface area contributed by atoms with Crippen molar-refractivity contribution in [2.45, 2.75) is 26.2 Å². The molecule has 236 valence electrons. The van der Waals surface area contributed by atoms with E-state index in [-0.39, 0.29) is 17.9 Å². The lowest BCUT2D eigenvalue weighted by Gasteiger charge is -2.09. The first-order valence-electron chi connectivity index (χ1n) is 14.6. The number of hydrogen-bond donors (Lipinski definition) is 1. The number of benzene rings is 4. The molecule has 0 amide bonds. The lowest BCUT2D eigenvalue weighted by atomic mass is 10.1. The van der Waals surface area contributed by atoms with E-state index in [4.69, 9.17) is 24.1 Å². The van der Waals surface area contributed by atoms with E-state index in [1.807, 2.05) is 24.3 Å². The van der Waals surface area contributed by atoms with Gasteiger partial charge in [-0.25, -0.2) is 14.4 Å². The van der Waals surface area contributed by atoms with Crippen molar-refractivity contribution in [2.75, 3.05) is 19.8 Å². The normalized spacial score (nSPS) is 10.7. The molecular weight excluding hydrogens is 588 g/mol. The van der Waals surface area contributed by atoms with Gasteiger partial charge in [0.05, 0.1) is 35.7 Å². The molecule has 0 aliphatic carbocycles. The van der Waals surface area contributed by atoms with Gasteiger partial charge in [0.1, 0.15) is 17.2 Å². The van der Waals surface area contributed by atoms with E-state index in [1.54, 1.807) is 49.4 Å². The van der Waals surface area contributed by atoms with Crippen molar-refractivity contribution in [3.63, 3.8) is 0 Å². The van der Waals surface area contributed by atoms with Crippen LogP contribution >= 0.6 is 0 Å². The van der Waals surface area contributed by atoms with Crippen LogP contribution in [0.1, 0.15) is 44.7 Å². The number of aryl methyl sites for hydroxylation is 1. The zero-order valence-electron chi connectivity index (χ0n) is 25.4. The van der Waals surface area contributed by atoms with Crippen molar-refractivity contribution in [3.8, 4) is 17.2 Å². The van der Waals surface area contributed by atoms with E-state index in [1.165, 1.54) is 24.3 Å². The van der Waals surface area contributed by atoms with Crippen LogP contribution in [-0.2, 0) is 16.0 Å². The summed E-state index contributed by atoms with van der Waals surface area (Å²) in [5.74, 6) is -0.320. The number of hydrogen-bond acceptors (Lipinski definition) is 10. The maximum absolute atomic E-state index is 12.8. The van der Waals surface area contributed by atoms with Gasteiger partial charge in [-0.15, -0.1) is 0 Å². The standard InChI is InChI=1S/C36H34N2O8/c1-3-34(40)44-23-5-4-22-43-31-15-8-27(9-16-31)35(41)45-32-17-10-28(11-18-32)36(42)46-33-19-14-30(24-25(33)2)38-37-29-12-6-26(7-13-29)20-21-39/h3,6-19,24,39H,1,4-5,20-23H2,2H3/b38-37+. The van der Waals surface area contributed by atoms with Gasteiger partial charge < -0.3 is 24.1 Å². The fraction of sp³-hybridized carbons (Fsp3) is 0.194. The van der Waals surface area contributed by atoms with Crippen LogP contribution < -0.4 is 14.2 Å². The first-order valence-corrected chi connectivity index (χ1v) is 14.6. The molecule has 0 fully saturated rings. The van der Waals surface area contributed by atoms with Crippen molar-refractivity contribution in [2.24, 2.45) is 10.2 Å². The van der Waals surface area contributed by atoms with E-state index in [2.05, 4.69) is 16.8 Å². The maximum Gasteiger partial charge on any atom is 0.343 e. The number of rotatable bonds is 15. The predicted octanol–water partition coefficient (Wildman–Crippen LogP) is 7.27. The summed E-state index contributed by atoms with van der Waals surface area (Å²) in [5, 5.41) is 17.5. The Morgan fingerprint density at radius 1 is 0.739 bits per heavy atom. The Morgan fingerprint density at radius 3 is 1.96 bits per heavy atom. The van der Waals surface area contributed by atoms with Crippen LogP contribution in [0, 0.1) is 6.92 Å². The molecule has 0 spiro atoms. The molecule has 4 rings (SSSR count). The molecule has 0 atom stereocenters. The topological polar surface area (TPSA) is 133 Å². The van der Waals surface area contributed by atoms with Crippen molar-refractivity contribution >= 4 is 29.3 Å². The fourth-order valence-electron chi connectivity index (χ4n) is 4.08. The van der Waals surface area contributed by atoms with Crippen molar-refractivity contribution < 1.29 is 38.4 Å². The molecule has 0 heterocycles. The molecule has 0 radical (unpaired) electrons. The SMILES string of the molecule is C=CC(=O)OCCCCOc1ccc(C(=O)Oc2ccc(C(=O)Oc3ccc(/N=N/c4ccc(CCO)cc4)cc3C)cc2)cc1. The molecule has 0 unspecified atom stereocenters. The molecule has 0 aliphatic rings. The summed E-state index contributed by atoms with van der Waals surface area (Å²) in [6, 6.07) is 25.2. The number of carbonyl (C=O) groups excluding carboxylic acids is 3. The summed E-state index contributed by atoms with van der Waals surface area (Å²) in [7, 11) is 0. The Balaban J connectivity index is 1.24. The zero-order valence-corrected chi connectivity index (χ0v) is 25.4. The minimum Gasteiger partial charge on any atom is -0.494 e. The number of nitrogens with zero attached hydrogens (tertiary/aromatic N) is 2. The predicted molar refractivity (Wildman–Crippen MR) is 171 cm³/mol. The Labute approximate surface area is 266 Å². The van der Waals surface area contributed by atoms with Gasteiger partial charge in [-0.05, 0) is 116 Å². The lowest BCUT2D eigenvalue weighted by molar-refractivity contribution is -0.137. The minimum absolute atomic E-state index is 0.0915. The van der Waals surface area contributed by atoms with Gasteiger partial charge in [0.25, 0.3) is 0 Å². The molecule has 0 aromatic heterocycles. The van der Waals surface area contributed by atoms with Crippen molar-refractivity contribution in [1.29, 1.82) is 0 Å². The number of azo groups is 1. The van der Waals surface area contributed by atoms with E-state index >= 15 is 0 Å². The van der Waals surface area contributed by atoms with Crippen LogP contribution in [0.4, 0.5) is 11.4 Å². The van der Waals surface area contributed by atoms with Crippen LogP contribution in [0.25, 0.3) is 0 Å². The fourth-order valence-corrected chi connectivity index (χ4v) is 4.08. The third kappa shape index (κ3) is 10.2. The third-order valence-corrected chi connectivity index (χ3v) is 6.59. The maximum atomic E-state index is 12.8. The summed E-state index contributed by atoms with van der Waals surface area (Å²) < 4.78 is 21.6. The van der Waals surface area contributed by atoms with Crippen LogP contribution in [0.3, 0.4) is 0 Å². The minimum atomic E-state index is -0.563. The van der Waals surface area contributed by atoms with Gasteiger partial charge in [-0.3, -0.25) is 0 Å². The quantitative estimate of drug-likeness (QED) is 0.0481. The van der Waals surface area contributed by atoms with E-state index < -0.39 is 17.9 Å². The van der Waals surface area contributed by atoms with Gasteiger partial charge in [0, 0.05) is 12.7 Å². The van der Waals surface area contributed by atoms with Crippen LogP contribution in [-0.4, -0.2) is 42.8 Å². The highest BCUT2D eigenvalue weighted by atomic mass is 16.5. The molecule has 4 aromatic carbocycles. The molecule has 0 aliphatic heterocycles.